The normalized spacial score (nSPS) is 11.3. The van der Waals surface area contributed by atoms with Gasteiger partial charge in [-0.05, 0) is 32.8 Å². The quantitative estimate of drug-likeness (QED) is 0.704. The maximum atomic E-state index is 4.31. The van der Waals surface area contributed by atoms with Crippen LogP contribution in [0.15, 0.2) is 24.4 Å². The molecule has 3 nitrogen and oxygen atoms in total. The van der Waals surface area contributed by atoms with Gasteiger partial charge in [0.15, 0.2) is 0 Å². The van der Waals surface area contributed by atoms with Crippen LogP contribution in [0.3, 0.4) is 0 Å². The Morgan fingerprint density at radius 3 is 2.47 bits per heavy atom. The van der Waals surface area contributed by atoms with Gasteiger partial charge in [0, 0.05) is 25.8 Å². The Morgan fingerprint density at radius 2 is 1.87 bits per heavy atom. The second kappa shape index (κ2) is 6.53. The van der Waals surface area contributed by atoms with Crippen molar-refractivity contribution in [3.05, 3.63) is 30.1 Å². The number of hydrogen-bond donors (Lipinski definition) is 0. The maximum absolute atomic E-state index is 4.31. The van der Waals surface area contributed by atoms with E-state index in [0.717, 1.165) is 31.9 Å². The van der Waals surface area contributed by atoms with E-state index < -0.39 is 0 Å². The van der Waals surface area contributed by atoms with Crippen LogP contribution in [0.25, 0.3) is 0 Å². The van der Waals surface area contributed by atoms with Crippen LogP contribution in [0.5, 0.6) is 0 Å². The molecule has 0 spiro atoms. The Morgan fingerprint density at radius 1 is 1.13 bits per heavy atom. The fourth-order valence-electron chi connectivity index (χ4n) is 1.35. The molecule has 0 N–H and O–H groups in total. The van der Waals surface area contributed by atoms with Crippen LogP contribution >= 0.6 is 0 Å². The molecule has 1 aromatic heterocycles. The van der Waals surface area contributed by atoms with Crippen LogP contribution < -0.4 is 0 Å². The Hall–Kier alpha value is -0.930. The van der Waals surface area contributed by atoms with Crippen LogP contribution in [-0.4, -0.2) is 48.5 Å². The van der Waals surface area contributed by atoms with Crippen molar-refractivity contribution in [2.45, 2.75) is 13.5 Å². The van der Waals surface area contributed by atoms with Crippen molar-refractivity contribution in [2.75, 3.05) is 33.7 Å². The maximum Gasteiger partial charge on any atom is 0.0543 e. The van der Waals surface area contributed by atoms with Crippen LogP contribution in [0.4, 0.5) is 0 Å². The number of rotatable bonds is 6. The topological polar surface area (TPSA) is 19.4 Å². The van der Waals surface area contributed by atoms with Gasteiger partial charge in [-0.15, -0.1) is 0 Å². The number of likely N-dealkylation sites (N-methyl/N-ethyl adjacent to an activating group) is 2. The smallest absolute Gasteiger partial charge is 0.0543 e. The van der Waals surface area contributed by atoms with Crippen LogP contribution in [-0.2, 0) is 6.54 Å². The van der Waals surface area contributed by atoms with Gasteiger partial charge in [0.25, 0.3) is 0 Å². The summed E-state index contributed by atoms with van der Waals surface area (Å²) < 4.78 is 0. The zero-order valence-corrected chi connectivity index (χ0v) is 9.98. The average molecular weight is 207 g/mol. The summed E-state index contributed by atoms with van der Waals surface area (Å²) in [4.78, 5) is 8.93. The Labute approximate surface area is 92.7 Å². The van der Waals surface area contributed by atoms with E-state index in [9.17, 15) is 0 Å². The molecule has 0 aromatic carbocycles. The SMILES string of the molecule is CCN(C)CCN(C)Cc1ccccn1. The fourth-order valence-corrected chi connectivity index (χ4v) is 1.35. The van der Waals surface area contributed by atoms with E-state index in [4.69, 9.17) is 0 Å². The molecule has 3 heteroatoms. The zero-order chi connectivity index (χ0) is 11.1. The minimum Gasteiger partial charge on any atom is -0.305 e. The average Bonchev–Trinajstić information content (AvgIpc) is 2.27. The molecule has 0 aliphatic heterocycles. The number of aromatic nitrogens is 1. The lowest BCUT2D eigenvalue weighted by atomic mass is 10.3. The van der Waals surface area contributed by atoms with E-state index in [0.29, 0.717) is 0 Å². The number of nitrogens with zero attached hydrogens (tertiary/aromatic N) is 3. The molecule has 0 aliphatic carbocycles. The molecule has 0 unspecified atom stereocenters. The molecule has 1 rings (SSSR count). The largest absolute Gasteiger partial charge is 0.305 e. The van der Waals surface area contributed by atoms with Gasteiger partial charge in [-0.25, -0.2) is 0 Å². The van der Waals surface area contributed by atoms with Crippen molar-refractivity contribution in [1.82, 2.24) is 14.8 Å². The Balaban J connectivity index is 2.27. The predicted octanol–water partition coefficient (Wildman–Crippen LogP) is 1.47. The molecular formula is C12H21N3. The highest BCUT2D eigenvalue weighted by Crippen LogP contribution is 1.98. The van der Waals surface area contributed by atoms with Gasteiger partial charge in [0.05, 0.1) is 5.69 Å². The molecule has 0 atom stereocenters. The summed E-state index contributed by atoms with van der Waals surface area (Å²) in [7, 11) is 4.28. The lowest BCUT2D eigenvalue weighted by Gasteiger charge is -2.20. The van der Waals surface area contributed by atoms with E-state index in [1.807, 2.05) is 18.3 Å². The first-order valence-corrected chi connectivity index (χ1v) is 5.49. The lowest BCUT2D eigenvalue weighted by Crippen LogP contribution is -2.30. The van der Waals surface area contributed by atoms with Crippen molar-refractivity contribution in [1.29, 1.82) is 0 Å². The van der Waals surface area contributed by atoms with E-state index in [1.165, 1.54) is 0 Å². The first kappa shape index (κ1) is 12.1. The van der Waals surface area contributed by atoms with Crippen LogP contribution in [0.1, 0.15) is 12.6 Å². The van der Waals surface area contributed by atoms with Crippen LogP contribution in [0, 0.1) is 0 Å². The summed E-state index contributed by atoms with van der Waals surface area (Å²) in [6, 6.07) is 6.06. The molecule has 84 valence electrons. The Kier molecular flexibility index (Phi) is 5.29. The minimum absolute atomic E-state index is 0.929. The van der Waals surface area contributed by atoms with E-state index >= 15 is 0 Å². The molecule has 15 heavy (non-hydrogen) atoms. The monoisotopic (exact) mass is 207 g/mol. The third-order valence-electron chi connectivity index (χ3n) is 2.56. The fraction of sp³-hybridized carbons (Fsp3) is 0.583. The summed E-state index contributed by atoms with van der Waals surface area (Å²) in [5.74, 6) is 0. The van der Waals surface area contributed by atoms with Gasteiger partial charge >= 0.3 is 0 Å². The highest BCUT2D eigenvalue weighted by atomic mass is 15.2. The summed E-state index contributed by atoms with van der Waals surface area (Å²) >= 11 is 0. The van der Waals surface area contributed by atoms with E-state index in [1.54, 1.807) is 0 Å². The lowest BCUT2D eigenvalue weighted by molar-refractivity contribution is 0.256. The predicted molar refractivity (Wildman–Crippen MR) is 63.7 cm³/mol. The molecule has 0 fully saturated rings. The van der Waals surface area contributed by atoms with Crippen molar-refractivity contribution in [3.63, 3.8) is 0 Å². The first-order valence-electron chi connectivity index (χ1n) is 5.49. The third-order valence-corrected chi connectivity index (χ3v) is 2.56. The molecule has 0 aliphatic rings. The summed E-state index contributed by atoms with van der Waals surface area (Å²) in [6.45, 7) is 6.41. The summed E-state index contributed by atoms with van der Waals surface area (Å²) in [6.07, 6.45) is 1.85. The molecule has 0 saturated carbocycles. The second-order valence-electron chi connectivity index (χ2n) is 3.95. The third kappa shape index (κ3) is 4.91. The second-order valence-corrected chi connectivity index (χ2v) is 3.95. The van der Waals surface area contributed by atoms with Gasteiger partial charge in [-0.3, -0.25) is 9.88 Å². The van der Waals surface area contributed by atoms with E-state index in [2.05, 4.69) is 41.9 Å². The van der Waals surface area contributed by atoms with Gasteiger partial charge in [-0.2, -0.15) is 0 Å². The molecule has 1 aromatic rings. The molecule has 0 bridgehead atoms. The summed E-state index contributed by atoms with van der Waals surface area (Å²) in [5, 5.41) is 0. The van der Waals surface area contributed by atoms with Crippen molar-refractivity contribution >= 4 is 0 Å². The minimum atomic E-state index is 0.929. The van der Waals surface area contributed by atoms with E-state index in [-0.39, 0.29) is 0 Å². The molecule has 0 saturated heterocycles. The van der Waals surface area contributed by atoms with Gasteiger partial charge < -0.3 is 4.90 Å². The van der Waals surface area contributed by atoms with Crippen LogP contribution in [0.2, 0.25) is 0 Å². The van der Waals surface area contributed by atoms with Crippen molar-refractivity contribution in [2.24, 2.45) is 0 Å². The Bertz CT molecular complexity index is 261. The molecule has 0 radical (unpaired) electrons. The summed E-state index contributed by atoms with van der Waals surface area (Å²) in [5.41, 5.74) is 1.14. The standard InChI is InChI=1S/C12H21N3/c1-4-14(2)9-10-15(3)11-12-7-5-6-8-13-12/h5-8H,4,9-11H2,1-3H3. The highest BCUT2D eigenvalue weighted by Gasteiger charge is 2.01. The number of hydrogen-bond acceptors (Lipinski definition) is 3. The molecular weight excluding hydrogens is 186 g/mol. The molecule has 1 heterocycles. The van der Waals surface area contributed by atoms with Gasteiger partial charge in [0.2, 0.25) is 0 Å². The zero-order valence-electron chi connectivity index (χ0n) is 9.98. The van der Waals surface area contributed by atoms with Gasteiger partial charge in [0.1, 0.15) is 0 Å². The van der Waals surface area contributed by atoms with Gasteiger partial charge in [-0.1, -0.05) is 13.0 Å². The first-order chi connectivity index (χ1) is 7.22. The van der Waals surface area contributed by atoms with Crippen molar-refractivity contribution < 1.29 is 0 Å². The molecule has 0 amide bonds. The highest BCUT2D eigenvalue weighted by molar-refractivity contribution is 5.02. The van der Waals surface area contributed by atoms with Crippen molar-refractivity contribution in [3.8, 4) is 0 Å². The number of pyridine rings is 1.